The topological polar surface area (TPSA) is 90.4 Å². The predicted octanol–water partition coefficient (Wildman–Crippen LogP) is 3.40. The van der Waals surface area contributed by atoms with Gasteiger partial charge in [0.25, 0.3) is 0 Å². The number of nitrogens with two attached hydrogens (primary N) is 1. The number of para-hydroxylation sites is 1. The van der Waals surface area contributed by atoms with Gasteiger partial charge in [-0.1, -0.05) is 18.2 Å². The summed E-state index contributed by atoms with van der Waals surface area (Å²) in [5, 5.41) is 10.2. The maximum Gasteiger partial charge on any atom is 0.247 e. The van der Waals surface area contributed by atoms with Crippen molar-refractivity contribution < 1.29 is 18.4 Å². The molecule has 1 spiro atoms. The molecular weight excluding hydrogens is 414 g/mol. The van der Waals surface area contributed by atoms with E-state index in [-0.39, 0.29) is 34.9 Å². The van der Waals surface area contributed by atoms with Crippen molar-refractivity contribution in [3.63, 3.8) is 0 Å². The average Bonchev–Trinajstić information content (AvgIpc) is 2.98. The number of halogens is 2. The van der Waals surface area contributed by atoms with Crippen molar-refractivity contribution >= 4 is 23.1 Å². The first-order valence-corrected chi connectivity index (χ1v) is 10.1. The molecule has 3 aliphatic rings. The molecule has 2 N–H and O–H groups in total. The lowest BCUT2D eigenvalue weighted by atomic mass is 9.64. The monoisotopic (exact) mass is 432 g/mol. The Morgan fingerprint density at radius 2 is 1.84 bits per heavy atom. The molecule has 32 heavy (non-hydrogen) atoms. The molecule has 6 nitrogen and oxygen atoms in total. The summed E-state index contributed by atoms with van der Waals surface area (Å²) in [6, 6.07) is 12.0. The molecule has 0 fully saturated rings. The van der Waals surface area contributed by atoms with Crippen LogP contribution in [0.2, 0.25) is 0 Å². The summed E-state index contributed by atoms with van der Waals surface area (Å²) in [4.78, 5) is 29.8. The average molecular weight is 432 g/mol. The van der Waals surface area contributed by atoms with Gasteiger partial charge in [0, 0.05) is 42.1 Å². The molecule has 2 heterocycles. The van der Waals surface area contributed by atoms with Gasteiger partial charge in [0.15, 0.2) is 5.78 Å². The second-order valence-electron chi connectivity index (χ2n) is 8.03. The Hall–Kier alpha value is -3.99. The second-order valence-corrected chi connectivity index (χ2v) is 8.03. The van der Waals surface area contributed by atoms with E-state index in [4.69, 9.17) is 5.73 Å². The van der Waals surface area contributed by atoms with E-state index in [0.29, 0.717) is 35.9 Å². The van der Waals surface area contributed by atoms with E-state index in [1.807, 2.05) is 6.07 Å². The van der Waals surface area contributed by atoms with E-state index in [1.54, 1.807) is 31.3 Å². The number of hydrogen-bond acceptors (Lipinski definition) is 5. The lowest BCUT2D eigenvalue weighted by Gasteiger charge is -2.43. The molecule has 1 atom stereocenters. The summed E-state index contributed by atoms with van der Waals surface area (Å²) in [5.41, 5.74) is 6.11. The van der Waals surface area contributed by atoms with Crippen molar-refractivity contribution in [1.82, 2.24) is 0 Å². The molecule has 8 heteroatoms. The summed E-state index contributed by atoms with van der Waals surface area (Å²) in [6.07, 6.45) is 1.02. The third-order valence-corrected chi connectivity index (χ3v) is 6.46. The zero-order valence-corrected chi connectivity index (χ0v) is 17.2. The van der Waals surface area contributed by atoms with Crippen LogP contribution < -0.4 is 15.5 Å². The van der Waals surface area contributed by atoms with Crippen LogP contribution in [0.1, 0.15) is 24.8 Å². The molecule has 2 aromatic rings. The smallest absolute Gasteiger partial charge is 0.247 e. The standard InChI is InChI=1S/C24H18F2N4O2/c1-29-17-6-3-2-5-14(17)24(23(29)32)15(12-27)22(28)30(18-10-9-13(25)11-16(18)26)19-7-4-8-20(31)21(19)24/h2-3,5-6,9-11H,4,7-8,28H2,1H3. The first-order chi connectivity index (χ1) is 15.3. The number of anilines is 2. The Morgan fingerprint density at radius 1 is 1.09 bits per heavy atom. The van der Waals surface area contributed by atoms with Crippen molar-refractivity contribution in [2.75, 3.05) is 16.8 Å². The third kappa shape index (κ3) is 2.31. The van der Waals surface area contributed by atoms with Gasteiger partial charge in [-0.3, -0.25) is 14.5 Å². The number of likely N-dealkylation sites (N-methyl/N-ethyl adjacent to an activating group) is 1. The molecule has 2 aromatic carbocycles. The highest BCUT2D eigenvalue weighted by molar-refractivity contribution is 6.20. The minimum absolute atomic E-state index is 0.0826. The summed E-state index contributed by atoms with van der Waals surface area (Å²) < 4.78 is 28.4. The van der Waals surface area contributed by atoms with Crippen LogP contribution in [0.5, 0.6) is 0 Å². The van der Waals surface area contributed by atoms with Crippen LogP contribution in [-0.2, 0) is 15.0 Å². The molecule has 0 saturated carbocycles. The first-order valence-electron chi connectivity index (χ1n) is 10.1. The van der Waals surface area contributed by atoms with Gasteiger partial charge in [0.05, 0.1) is 11.3 Å². The van der Waals surface area contributed by atoms with Gasteiger partial charge in [0.2, 0.25) is 5.91 Å². The Balaban J connectivity index is 1.91. The van der Waals surface area contributed by atoms with Gasteiger partial charge < -0.3 is 10.6 Å². The van der Waals surface area contributed by atoms with Crippen molar-refractivity contribution in [2.24, 2.45) is 5.73 Å². The summed E-state index contributed by atoms with van der Waals surface area (Å²) in [7, 11) is 1.58. The van der Waals surface area contributed by atoms with Crippen LogP contribution in [0.15, 0.2) is 65.1 Å². The van der Waals surface area contributed by atoms with Crippen molar-refractivity contribution in [3.8, 4) is 6.07 Å². The minimum Gasteiger partial charge on any atom is -0.384 e. The molecule has 0 bridgehead atoms. The molecule has 160 valence electrons. The predicted molar refractivity (Wildman–Crippen MR) is 113 cm³/mol. The highest BCUT2D eigenvalue weighted by atomic mass is 19.1. The maximum atomic E-state index is 14.8. The van der Waals surface area contributed by atoms with Crippen molar-refractivity contribution in [3.05, 3.63) is 82.3 Å². The van der Waals surface area contributed by atoms with Gasteiger partial charge >= 0.3 is 0 Å². The molecule has 2 aliphatic heterocycles. The highest BCUT2D eigenvalue weighted by Crippen LogP contribution is 2.56. The van der Waals surface area contributed by atoms with Crippen LogP contribution in [0, 0.1) is 23.0 Å². The number of carbonyl (C=O) groups excluding carboxylic acids is 2. The van der Waals surface area contributed by atoms with E-state index in [2.05, 4.69) is 0 Å². The molecular formula is C24H18F2N4O2. The summed E-state index contributed by atoms with van der Waals surface area (Å²) in [5.74, 6) is -2.55. The quantitative estimate of drug-likeness (QED) is 0.746. The number of allylic oxidation sites excluding steroid dienone is 1. The number of fused-ring (bicyclic) bond motifs is 3. The lowest BCUT2D eigenvalue weighted by Crippen LogP contribution is -2.52. The van der Waals surface area contributed by atoms with Crippen LogP contribution >= 0.6 is 0 Å². The maximum absolute atomic E-state index is 14.8. The van der Waals surface area contributed by atoms with Crippen molar-refractivity contribution in [1.29, 1.82) is 5.26 Å². The van der Waals surface area contributed by atoms with E-state index in [0.717, 1.165) is 6.07 Å². The Kier molecular flexibility index (Phi) is 4.21. The SMILES string of the molecule is CN1C(=O)C2(C(C#N)=C(N)N(c3ccc(F)cc3F)C3=C2C(=O)CCC3)c2ccccc21. The molecule has 1 unspecified atom stereocenters. The summed E-state index contributed by atoms with van der Waals surface area (Å²) in [6.45, 7) is 0. The van der Waals surface area contributed by atoms with Gasteiger partial charge in [-0.15, -0.1) is 0 Å². The number of ketones is 1. The number of rotatable bonds is 1. The number of carbonyl (C=O) groups is 2. The fourth-order valence-corrected chi connectivity index (χ4v) is 5.17. The zero-order chi connectivity index (χ0) is 22.8. The van der Waals surface area contributed by atoms with Gasteiger partial charge in [-0.25, -0.2) is 8.78 Å². The normalized spacial score (nSPS) is 22.4. The highest BCUT2D eigenvalue weighted by Gasteiger charge is 2.61. The molecule has 1 amide bonds. The molecule has 0 radical (unpaired) electrons. The van der Waals surface area contributed by atoms with Crippen molar-refractivity contribution in [2.45, 2.75) is 24.7 Å². The number of hydrogen-bond donors (Lipinski definition) is 1. The number of nitrogens with zero attached hydrogens (tertiary/aromatic N) is 3. The minimum atomic E-state index is -1.69. The zero-order valence-electron chi connectivity index (χ0n) is 17.2. The molecule has 0 saturated heterocycles. The molecule has 0 aromatic heterocycles. The Bertz CT molecular complexity index is 1320. The summed E-state index contributed by atoms with van der Waals surface area (Å²) >= 11 is 0. The van der Waals surface area contributed by atoms with Gasteiger partial charge in [-0.05, 0) is 31.0 Å². The molecule has 5 rings (SSSR count). The largest absolute Gasteiger partial charge is 0.384 e. The number of nitriles is 1. The van der Waals surface area contributed by atoms with Crippen LogP contribution in [0.25, 0.3) is 0 Å². The lowest BCUT2D eigenvalue weighted by molar-refractivity contribution is -0.124. The number of benzene rings is 2. The Labute approximate surface area is 182 Å². The first kappa shape index (κ1) is 19.9. The van der Waals surface area contributed by atoms with Crippen LogP contribution in [-0.4, -0.2) is 18.7 Å². The fourth-order valence-electron chi connectivity index (χ4n) is 5.17. The number of amides is 1. The second kappa shape index (κ2) is 6.76. The van der Waals surface area contributed by atoms with Crippen LogP contribution in [0.3, 0.4) is 0 Å². The van der Waals surface area contributed by atoms with Crippen LogP contribution in [0.4, 0.5) is 20.2 Å². The van der Waals surface area contributed by atoms with Gasteiger partial charge in [-0.2, -0.15) is 5.26 Å². The fraction of sp³-hybridized carbons (Fsp3) is 0.208. The van der Waals surface area contributed by atoms with Gasteiger partial charge in [0.1, 0.15) is 28.9 Å². The Morgan fingerprint density at radius 3 is 2.56 bits per heavy atom. The van der Waals surface area contributed by atoms with E-state index in [9.17, 15) is 23.6 Å². The van der Waals surface area contributed by atoms with E-state index < -0.39 is 23.0 Å². The third-order valence-electron chi connectivity index (χ3n) is 6.46. The molecule has 1 aliphatic carbocycles. The van der Waals surface area contributed by atoms with E-state index in [1.165, 1.54) is 15.9 Å². The van der Waals surface area contributed by atoms with E-state index >= 15 is 0 Å². The number of Topliss-reactive ketones (excluding diaryl/α,β-unsaturated/α-hetero) is 1.